The molecule has 52 heavy (non-hydrogen) atoms. The van der Waals surface area contributed by atoms with Gasteiger partial charge in [-0.1, -0.05) is 60.7 Å². The summed E-state index contributed by atoms with van der Waals surface area (Å²) in [5.41, 5.74) is 4.52. The van der Waals surface area contributed by atoms with Crippen LogP contribution in [0.1, 0.15) is 63.6 Å². The maximum Gasteiger partial charge on any atom is 0.410 e. The van der Waals surface area contributed by atoms with E-state index in [1.165, 1.54) is 11.1 Å². The van der Waals surface area contributed by atoms with E-state index in [1.807, 2.05) is 68.4 Å². The number of nitrogens with one attached hydrogen (secondary N) is 1. The maximum absolute atomic E-state index is 12.7. The highest BCUT2D eigenvalue weighted by Gasteiger charge is 2.48. The Labute approximate surface area is 305 Å². The van der Waals surface area contributed by atoms with Gasteiger partial charge in [0.1, 0.15) is 18.0 Å². The fourth-order valence-corrected chi connectivity index (χ4v) is 7.30. The zero-order valence-corrected chi connectivity index (χ0v) is 30.6. The summed E-state index contributed by atoms with van der Waals surface area (Å²) in [5, 5.41) is 3.47. The van der Waals surface area contributed by atoms with E-state index in [1.54, 1.807) is 7.11 Å². The quantitative estimate of drug-likeness (QED) is 0.129. The summed E-state index contributed by atoms with van der Waals surface area (Å²) < 4.78 is 18.8. The van der Waals surface area contributed by atoms with Gasteiger partial charge in [-0.3, -0.25) is 0 Å². The van der Waals surface area contributed by atoms with E-state index in [-0.39, 0.29) is 17.6 Å². The van der Waals surface area contributed by atoms with Crippen molar-refractivity contribution in [2.75, 3.05) is 43.6 Å². The van der Waals surface area contributed by atoms with Crippen LogP contribution in [0, 0.1) is 5.41 Å². The number of ether oxygens (including phenoxy) is 3. The Balaban J connectivity index is 1.18. The number of piperidine rings is 1. The summed E-state index contributed by atoms with van der Waals surface area (Å²) in [7, 11) is 1.66. The number of hydrogen-bond acceptors (Lipinski definition) is 9. The third kappa shape index (κ3) is 8.31. The SMILES string of the molecule is COCCOc1ccc(Nc2nc(N(Cc3ccccc3)Cc3ccccc3)c3ncn(C4CC5(CCN(C(=O)OC(C)(C)C)CC5)C4)c3n2)cc1. The van der Waals surface area contributed by atoms with Gasteiger partial charge in [-0.05, 0) is 87.3 Å². The van der Waals surface area contributed by atoms with Gasteiger partial charge in [0.05, 0.1) is 12.9 Å². The zero-order chi connectivity index (χ0) is 36.1. The average molecular weight is 704 g/mol. The molecule has 2 fully saturated rings. The normalized spacial score (nSPS) is 15.7. The number of imidazole rings is 1. The number of benzene rings is 3. The molecule has 0 radical (unpaired) electrons. The molecule has 1 aliphatic heterocycles. The van der Waals surface area contributed by atoms with Gasteiger partial charge in [-0.25, -0.2) is 9.78 Å². The molecule has 1 spiro atoms. The first-order chi connectivity index (χ1) is 25.2. The summed E-state index contributed by atoms with van der Waals surface area (Å²) >= 11 is 0. The van der Waals surface area contributed by atoms with Gasteiger partial charge >= 0.3 is 6.09 Å². The van der Waals surface area contributed by atoms with Crippen LogP contribution in [0.5, 0.6) is 5.75 Å². The topological polar surface area (TPSA) is 107 Å². The van der Waals surface area contributed by atoms with Crippen molar-refractivity contribution in [2.45, 2.75) is 71.2 Å². The van der Waals surface area contributed by atoms with Crippen molar-refractivity contribution in [3.63, 3.8) is 0 Å². The van der Waals surface area contributed by atoms with Gasteiger partial charge in [-0.15, -0.1) is 0 Å². The third-order valence-corrected chi connectivity index (χ3v) is 10.0. The number of hydrogen-bond donors (Lipinski definition) is 1. The molecule has 11 heteroatoms. The van der Waals surface area contributed by atoms with Gasteiger partial charge in [0.2, 0.25) is 5.95 Å². The number of likely N-dealkylation sites (tertiary alicyclic amines) is 1. The van der Waals surface area contributed by atoms with Crippen LogP contribution >= 0.6 is 0 Å². The second kappa shape index (κ2) is 15.2. The molecule has 1 saturated carbocycles. The van der Waals surface area contributed by atoms with E-state index < -0.39 is 5.60 Å². The molecule has 1 saturated heterocycles. The molecule has 0 bridgehead atoms. The maximum atomic E-state index is 12.7. The molecule has 5 aromatic rings. The fourth-order valence-electron chi connectivity index (χ4n) is 7.30. The lowest BCUT2D eigenvalue weighted by molar-refractivity contribution is -0.0227. The third-order valence-electron chi connectivity index (χ3n) is 10.0. The Morgan fingerprint density at radius 2 is 1.52 bits per heavy atom. The van der Waals surface area contributed by atoms with E-state index in [4.69, 9.17) is 29.2 Å². The van der Waals surface area contributed by atoms with Crippen LogP contribution in [0.15, 0.2) is 91.3 Å². The summed E-state index contributed by atoms with van der Waals surface area (Å²) in [4.78, 5) is 32.1. The number of methoxy groups -OCH3 is 1. The number of fused-ring (bicyclic) bond motifs is 1. The lowest BCUT2D eigenvalue weighted by Crippen LogP contribution is -2.50. The molecule has 272 valence electrons. The zero-order valence-electron chi connectivity index (χ0n) is 30.6. The van der Waals surface area contributed by atoms with Gasteiger partial charge in [0, 0.05) is 45.0 Å². The van der Waals surface area contributed by atoms with E-state index in [0.29, 0.717) is 32.3 Å². The van der Waals surface area contributed by atoms with E-state index in [2.05, 4.69) is 63.3 Å². The first-order valence-corrected chi connectivity index (χ1v) is 18.2. The molecule has 7 rings (SSSR count). The van der Waals surface area contributed by atoms with E-state index >= 15 is 0 Å². The Morgan fingerprint density at radius 1 is 0.885 bits per heavy atom. The number of nitrogens with zero attached hydrogens (tertiary/aromatic N) is 6. The predicted octanol–water partition coefficient (Wildman–Crippen LogP) is 8.15. The van der Waals surface area contributed by atoms with Crippen molar-refractivity contribution in [1.29, 1.82) is 0 Å². The Hall–Kier alpha value is -5.16. The number of aromatic nitrogens is 4. The molecule has 2 aromatic heterocycles. The summed E-state index contributed by atoms with van der Waals surface area (Å²) in [6.07, 6.45) is 5.70. The largest absolute Gasteiger partial charge is 0.491 e. The predicted molar refractivity (Wildman–Crippen MR) is 203 cm³/mol. The van der Waals surface area contributed by atoms with Crippen LogP contribution in [0.25, 0.3) is 11.2 Å². The summed E-state index contributed by atoms with van der Waals surface area (Å²) in [6.45, 7) is 9.50. The van der Waals surface area contributed by atoms with Crippen LogP contribution < -0.4 is 15.0 Å². The van der Waals surface area contributed by atoms with E-state index in [0.717, 1.165) is 67.2 Å². The highest BCUT2D eigenvalue weighted by molar-refractivity contribution is 5.85. The lowest BCUT2D eigenvalue weighted by atomic mass is 9.60. The summed E-state index contributed by atoms with van der Waals surface area (Å²) in [5.74, 6) is 2.05. The van der Waals surface area contributed by atoms with Gasteiger partial charge in [0.15, 0.2) is 17.0 Å². The highest BCUT2D eigenvalue weighted by Crippen LogP contribution is 2.55. The standard InChI is InChI=1S/C41H49N7O4/c1-40(2,3)52-39(49)46-21-19-41(20-22-46)25-33(26-41)48-29-42-35-36(47(27-30-11-7-5-8-12-30)28-31-13-9-6-10-14-31)44-38(45-37(35)48)43-32-15-17-34(18-16-32)51-24-23-50-4/h5-18,29,33H,19-28H2,1-4H3,(H,43,44,45). The number of carbonyl (C=O) groups excluding carboxylic acids is 1. The minimum absolute atomic E-state index is 0.205. The van der Waals surface area contributed by atoms with Gasteiger partial charge < -0.3 is 33.9 Å². The minimum atomic E-state index is -0.496. The smallest absolute Gasteiger partial charge is 0.410 e. The van der Waals surface area contributed by atoms with Crippen molar-refractivity contribution < 1.29 is 19.0 Å². The number of anilines is 3. The molecule has 1 N–H and O–H groups in total. The molecule has 11 nitrogen and oxygen atoms in total. The molecular weight excluding hydrogens is 654 g/mol. The molecular formula is C41H49N7O4. The fraction of sp³-hybridized carbons (Fsp3) is 0.415. The first kappa shape index (κ1) is 35.3. The second-order valence-electron chi connectivity index (χ2n) is 15.0. The minimum Gasteiger partial charge on any atom is -0.491 e. The molecule has 3 heterocycles. The Morgan fingerprint density at radius 3 is 2.12 bits per heavy atom. The molecule has 2 aliphatic rings. The van der Waals surface area contributed by atoms with Crippen LogP contribution in [0.4, 0.5) is 22.2 Å². The number of rotatable bonds is 12. The van der Waals surface area contributed by atoms with Crippen LogP contribution in [-0.2, 0) is 22.6 Å². The van der Waals surface area contributed by atoms with Crippen molar-refractivity contribution in [3.8, 4) is 5.75 Å². The van der Waals surface area contributed by atoms with Crippen molar-refractivity contribution in [3.05, 3.63) is 102 Å². The molecule has 0 atom stereocenters. The first-order valence-electron chi connectivity index (χ1n) is 18.2. The molecule has 1 aliphatic carbocycles. The highest BCUT2D eigenvalue weighted by atomic mass is 16.6. The molecule has 1 amide bonds. The van der Waals surface area contributed by atoms with Gasteiger partial charge in [0.25, 0.3) is 0 Å². The van der Waals surface area contributed by atoms with Crippen LogP contribution in [0.2, 0.25) is 0 Å². The Bertz CT molecular complexity index is 1890. The Kier molecular flexibility index (Phi) is 10.3. The number of carbonyl (C=O) groups is 1. The monoisotopic (exact) mass is 703 g/mol. The second-order valence-corrected chi connectivity index (χ2v) is 15.0. The van der Waals surface area contributed by atoms with E-state index in [9.17, 15) is 4.79 Å². The van der Waals surface area contributed by atoms with Gasteiger partial charge in [-0.2, -0.15) is 9.97 Å². The van der Waals surface area contributed by atoms with Crippen LogP contribution in [0.3, 0.4) is 0 Å². The van der Waals surface area contributed by atoms with Crippen LogP contribution in [-0.4, -0.2) is 69.5 Å². The lowest BCUT2D eigenvalue weighted by Gasteiger charge is -2.52. The number of amides is 1. The average Bonchev–Trinajstić information content (AvgIpc) is 3.54. The molecule has 0 unspecified atom stereocenters. The molecule has 3 aromatic carbocycles. The van der Waals surface area contributed by atoms with Crippen molar-refractivity contribution in [1.82, 2.24) is 24.4 Å². The van der Waals surface area contributed by atoms with Crippen molar-refractivity contribution >= 4 is 34.7 Å². The van der Waals surface area contributed by atoms with Crippen molar-refractivity contribution in [2.24, 2.45) is 5.41 Å². The summed E-state index contributed by atoms with van der Waals surface area (Å²) in [6, 6.07) is 29.0.